The molecule has 7 heteroatoms. The van der Waals surface area contributed by atoms with Crippen LogP contribution in [-0.4, -0.2) is 52.9 Å². The third kappa shape index (κ3) is 8.86. The van der Waals surface area contributed by atoms with Gasteiger partial charge in [0.2, 0.25) is 0 Å². The number of carbonyl (C=O) groups is 2. The summed E-state index contributed by atoms with van der Waals surface area (Å²) < 4.78 is 17.0. The third-order valence-corrected chi connectivity index (χ3v) is 4.79. The number of hydrogen-bond donors (Lipinski definition) is 2. The van der Waals surface area contributed by atoms with Crippen LogP contribution in [0.25, 0.3) is 0 Å². The quantitative estimate of drug-likeness (QED) is 0.319. The van der Waals surface area contributed by atoms with Gasteiger partial charge < -0.3 is 24.4 Å². The normalized spacial score (nSPS) is 27.2. The number of rotatable bonds is 11. The first-order chi connectivity index (χ1) is 12.7. The van der Waals surface area contributed by atoms with Crippen LogP contribution < -0.4 is 0 Å². The fourth-order valence-electron chi connectivity index (χ4n) is 2.90. The fraction of sp³-hybridized carbons (Fsp3) is 0.800. The monoisotopic (exact) mass is 386 g/mol. The predicted molar refractivity (Wildman–Crippen MR) is 100 cm³/mol. The van der Waals surface area contributed by atoms with Crippen LogP contribution in [0.15, 0.2) is 11.6 Å². The zero-order chi connectivity index (χ0) is 20.4. The third-order valence-electron chi connectivity index (χ3n) is 4.79. The minimum Gasteiger partial charge on any atom is -0.481 e. The molecule has 0 amide bonds. The molecule has 0 aromatic rings. The molecule has 2 N–H and O–H groups in total. The van der Waals surface area contributed by atoms with Gasteiger partial charge in [-0.15, -0.1) is 0 Å². The molecule has 5 unspecified atom stereocenters. The highest BCUT2D eigenvalue weighted by atomic mass is 16.7. The average molecular weight is 386 g/mol. The van der Waals surface area contributed by atoms with Gasteiger partial charge in [-0.1, -0.05) is 25.3 Å². The molecule has 0 aliphatic carbocycles. The van der Waals surface area contributed by atoms with E-state index < -0.39 is 30.4 Å². The molecule has 27 heavy (non-hydrogen) atoms. The highest BCUT2D eigenvalue weighted by molar-refractivity contribution is 5.87. The van der Waals surface area contributed by atoms with Crippen LogP contribution in [0.5, 0.6) is 0 Å². The SMILES string of the molecule is CC=C(C)C(=O)OC1CC(O)C(OC(C)CCCCCCC(=O)O)OC1C. The number of hydrogen-bond acceptors (Lipinski definition) is 6. The van der Waals surface area contributed by atoms with E-state index >= 15 is 0 Å². The molecule has 0 saturated carbocycles. The Morgan fingerprint density at radius 2 is 1.93 bits per heavy atom. The van der Waals surface area contributed by atoms with E-state index in [-0.39, 0.29) is 25.0 Å². The van der Waals surface area contributed by atoms with Gasteiger partial charge in [0.05, 0.1) is 12.2 Å². The molecule has 0 spiro atoms. The van der Waals surface area contributed by atoms with Gasteiger partial charge in [-0.05, 0) is 40.5 Å². The van der Waals surface area contributed by atoms with Gasteiger partial charge in [0.1, 0.15) is 12.2 Å². The smallest absolute Gasteiger partial charge is 0.333 e. The number of carbonyl (C=O) groups excluding carboxylic acids is 1. The molecule has 1 saturated heterocycles. The summed E-state index contributed by atoms with van der Waals surface area (Å²) in [7, 11) is 0. The van der Waals surface area contributed by atoms with Crippen LogP contribution in [0.4, 0.5) is 0 Å². The van der Waals surface area contributed by atoms with E-state index in [1.165, 1.54) is 0 Å². The molecule has 1 fully saturated rings. The van der Waals surface area contributed by atoms with Crippen LogP contribution in [0.2, 0.25) is 0 Å². The highest BCUT2D eigenvalue weighted by Gasteiger charge is 2.38. The Morgan fingerprint density at radius 1 is 1.26 bits per heavy atom. The van der Waals surface area contributed by atoms with Crippen molar-refractivity contribution in [3.63, 3.8) is 0 Å². The molecule has 7 nitrogen and oxygen atoms in total. The molecule has 0 bridgehead atoms. The van der Waals surface area contributed by atoms with Crippen molar-refractivity contribution < 1.29 is 34.0 Å². The number of aliphatic hydroxyl groups excluding tert-OH is 1. The Labute approximate surface area is 161 Å². The van der Waals surface area contributed by atoms with Crippen LogP contribution in [-0.2, 0) is 23.8 Å². The first-order valence-corrected chi connectivity index (χ1v) is 9.79. The van der Waals surface area contributed by atoms with Crippen LogP contribution >= 0.6 is 0 Å². The summed E-state index contributed by atoms with van der Waals surface area (Å²) in [4.78, 5) is 22.4. The molecular weight excluding hydrogens is 352 g/mol. The number of carboxylic acids is 1. The number of unbranched alkanes of at least 4 members (excludes halogenated alkanes) is 3. The minimum atomic E-state index is -0.858. The lowest BCUT2D eigenvalue weighted by molar-refractivity contribution is -0.275. The van der Waals surface area contributed by atoms with E-state index in [1.807, 2.05) is 6.92 Å². The first kappa shape index (κ1) is 23.6. The number of allylic oxidation sites excluding steroid dienone is 1. The predicted octanol–water partition coefficient (Wildman–Crippen LogP) is 3.19. The van der Waals surface area contributed by atoms with Gasteiger partial charge >= 0.3 is 11.9 Å². The fourth-order valence-corrected chi connectivity index (χ4v) is 2.90. The summed E-state index contributed by atoms with van der Waals surface area (Å²) in [6.07, 6.45) is 3.90. The van der Waals surface area contributed by atoms with Crippen molar-refractivity contribution in [3.8, 4) is 0 Å². The van der Waals surface area contributed by atoms with Crippen molar-refractivity contribution in [1.29, 1.82) is 0 Å². The van der Waals surface area contributed by atoms with Crippen LogP contribution in [0.1, 0.15) is 72.6 Å². The van der Waals surface area contributed by atoms with Gasteiger partial charge in [-0.3, -0.25) is 4.79 Å². The second-order valence-electron chi connectivity index (χ2n) is 7.22. The zero-order valence-corrected chi connectivity index (χ0v) is 16.8. The summed E-state index contributed by atoms with van der Waals surface area (Å²) in [5, 5.41) is 18.9. The van der Waals surface area contributed by atoms with E-state index in [0.29, 0.717) is 12.0 Å². The Morgan fingerprint density at radius 3 is 2.56 bits per heavy atom. The minimum absolute atomic E-state index is 0.0827. The highest BCUT2D eigenvalue weighted by Crippen LogP contribution is 2.26. The number of ether oxygens (including phenoxy) is 3. The molecule has 0 aromatic heterocycles. The summed E-state index contributed by atoms with van der Waals surface area (Å²) >= 11 is 0. The lowest BCUT2D eigenvalue weighted by atomic mass is 10.0. The number of carboxylic acid groups (broad SMARTS) is 1. The molecule has 156 valence electrons. The maximum absolute atomic E-state index is 11.9. The molecular formula is C20H34O7. The van der Waals surface area contributed by atoms with Gasteiger partial charge in [-0.25, -0.2) is 4.79 Å². The molecule has 1 aliphatic heterocycles. The second kappa shape index (κ2) is 12.1. The van der Waals surface area contributed by atoms with Crippen molar-refractivity contribution in [3.05, 3.63) is 11.6 Å². The Bertz CT molecular complexity index is 503. The van der Waals surface area contributed by atoms with Gasteiger partial charge in [0, 0.05) is 18.4 Å². The molecule has 5 atom stereocenters. The number of aliphatic carboxylic acids is 1. The standard InChI is InChI=1S/C20H34O7/c1-5-13(2)19(24)27-17-12-16(21)20(26-15(17)4)25-14(3)10-8-6-7-9-11-18(22)23/h5,14-17,20-21H,6-12H2,1-4H3,(H,22,23). The lowest BCUT2D eigenvalue weighted by Crippen LogP contribution is -2.49. The van der Waals surface area contributed by atoms with E-state index in [0.717, 1.165) is 25.7 Å². The van der Waals surface area contributed by atoms with E-state index in [4.69, 9.17) is 19.3 Å². The van der Waals surface area contributed by atoms with E-state index in [1.54, 1.807) is 26.8 Å². The second-order valence-corrected chi connectivity index (χ2v) is 7.22. The largest absolute Gasteiger partial charge is 0.481 e. The summed E-state index contributed by atoms with van der Waals surface area (Å²) in [5.74, 6) is -1.16. The van der Waals surface area contributed by atoms with Crippen LogP contribution in [0.3, 0.4) is 0 Å². The first-order valence-electron chi connectivity index (χ1n) is 9.79. The maximum atomic E-state index is 11.9. The van der Waals surface area contributed by atoms with Crippen molar-refractivity contribution in [2.45, 2.75) is 103 Å². The van der Waals surface area contributed by atoms with Gasteiger partial charge in [0.15, 0.2) is 6.29 Å². The molecule has 1 rings (SSSR count). The lowest BCUT2D eigenvalue weighted by Gasteiger charge is -2.38. The number of esters is 1. The maximum Gasteiger partial charge on any atom is 0.333 e. The van der Waals surface area contributed by atoms with Crippen molar-refractivity contribution in [2.24, 2.45) is 0 Å². The molecule has 1 heterocycles. The average Bonchev–Trinajstić information content (AvgIpc) is 2.61. The Balaban J connectivity index is 2.32. The Kier molecular flexibility index (Phi) is 10.6. The molecule has 0 aromatic carbocycles. The number of aliphatic hydroxyl groups is 1. The van der Waals surface area contributed by atoms with E-state index in [2.05, 4.69) is 0 Å². The summed E-state index contributed by atoms with van der Waals surface area (Å²) in [5.41, 5.74) is 0.520. The topological polar surface area (TPSA) is 102 Å². The zero-order valence-electron chi connectivity index (χ0n) is 16.8. The van der Waals surface area contributed by atoms with Crippen molar-refractivity contribution in [1.82, 2.24) is 0 Å². The van der Waals surface area contributed by atoms with Crippen molar-refractivity contribution in [2.75, 3.05) is 0 Å². The van der Waals surface area contributed by atoms with Gasteiger partial charge in [0.25, 0.3) is 0 Å². The van der Waals surface area contributed by atoms with Crippen molar-refractivity contribution >= 4 is 11.9 Å². The summed E-state index contributed by atoms with van der Waals surface area (Å²) in [6, 6.07) is 0. The van der Waals surface area contributed by atoms with Gasteiger partial charge in [-0.2, -0.15) is 0 Å². The Hall–Kier alpha value is -1.44. The summed E-state index contributed by atoms with van der Waals surface area (Å²) in [6.45, 7) is 7.18. The molecule has 1 aliphatic rings. The van der Waals surface area contributed by atoms with E-state index in [9.17, 15) is 14.7 Å². The molecule has 0 radical (unpaired) electrons. The van der Waals surface area contributed by atoms with Crippen LogP contribution in [0, 0.1) is 0 Å².